The zero-order valence-corrected chi connectivity index (χ0v) is 14.2. The summed E-state index contributed by atoms with van der Waals surface area (Å²) < 4.78 is 2.60. The van der Waals surface area contributed by atoms with Gasteiger partial charge in [0.25, 0.3) is 0 Å². The third-order valence-electron chi connectivity index (χ3n) is 5.08. The molecule has 0 aliphatic heterocycles. The van der Waals surface area contributed by atoms with E-state index in [0.717, 1.165) is 5.02 Å². The van der Waals surface area contributed by atoms with Crippen molar-refractivity contribution in [3.05, 3.63) is 71.8 Å². The summed E-state index contributed by atoms with van der Waals surface area (Å²) in [6.07, 6.45) is 0. The Bertz CT molecular complexity index is 1310. The van der Waals surface area contributed by atoms with Crippen LogP contribution in [-0.4, -0.2) is 0 Å². The molecule has 112 valence electrons. The van der Waals surface area contributed by atoms with E-state index in [1.54, 1.807) is 0 Å². The van der Waals surface area contributed by atoms with Crippen molar-refractivity contribution >= 4 is 53.9 Å². The fraction of sp³-hybridized carbons (Fsp3) is 0. The van der Waals surface area contributed by atoms with Gasteiger partial charge in [-0.15, -0.1) is 11.3 Å². The highest BCUT2D eigenvalue weighted by Crippen LogP contribution is 2.53. The minimum absolute atomic E-state index is 0.840. The molecule has 0 atom stereocenters. The van der Waals surface area contributed by atoms with Gasteiger partial charge in [0.1, 0.15) is 0 Å². The van der Waals surface area contributed by atoms with Crippen LogP contribution < -0.4 is 0 Å². The van der Waals surface area contributed by atoms with Crippen molar-refractivity contribution in [1.29, 1.82) is 0 Å². The van der Waals surface area contributed by atoms with Crippen LogP contribution in [0, 0.1) is 0 Å². The van der Waals surface area contributed by atoms with Crippen molar-refractivity contribution in [3.63, 3.8) is 0 Å². The molecule has 0 nitrogen and oxygen atoms in total. The Morgan fingerprint density at radius 2 is 1.46 bits per heavy atom. The molecule has 0 spiro atoms. The van der Waals surface area contributed by atoms with Gasteiger partial charge in [0, 0.05) is 30.8 Å². The van der Waals surface area contributed by atoms with Crippen molar-refractivity contribution in [1.82, 2.24) is 0 Å². The Balaban J connectivity index is 1.88. The highest BCUT2D eigenvalue weighted by Gasteiger charge is 2.24. The van der Waals surface area contributed by atoms with E-state index < -0.39 is 0 Å². The first-order chi connectivity index (χ1) is 11.8. The monoisotopic (exact) mass is 342 g/mol. The average molecular weight is 343 g/mol. The van der Waals surface area contributed by atoms with Gasteiger partial charge in [0.05, 0.1) is 0 Å². The molecule has 0 saturated heterocycles. The van der Waals surface area contributed by atoms with Crippen molar-refractivity contribution in [2.75, 3.05) is 0 Å². The number of thiophene rings is 1. The summed E-state index contributed by atoms with van der Waals surface area (Å²) in [5, 5.41) is 5.99. The lowest BCUT2D eigenvalue weighted by molar-refractivity contribution is 1.77. The van der Waals surface area contributed by atoms with Gasteiger partial charge in [-0.25, -0.2) is 0 Å². The van der Waals surface area contributed by atoms with Crippen LogP contribution in [0.25, 0.3) is 53.2 Å². The molecule has 6 rings (SSSR count). The van der Waals surface area contributed by atoms with Gasteiger partial charge in [0.2, 0.25) is 0 Å². The van der Waals surface area contributed by atoms with E-state index in [4.69, 9.17) is 11.6 Å². The summed E-state index contributed by atoms with van der Waals surface area (Å²) >= 11 is 8.36. The third-order valence-corrected chi connectivity index (χ3v) is 6.58. The van der Waals surface area contributed by atoms with Gasteiger partial charge in [-0.2, -0.15) is 0 Å². The second kappa shape index (κ2) is 4.38. The molecule has 0 unspecified atom stereocenters. The summed E-state index contributed by atoms with van der Waals surface area (Å²) in [6, 6.07) is 23.9. The molecule has 0 radical (unpaired) electrons. The van der Waals surface area contributed by atoms with Crippen LogP contribution in [0.15, 0.2) is 66.7 Å². The van der Waals surface area contributed by atoms with Crippen LogP contribution in [-0.2, 0) is 0 Å². The summed E-state index contributed by atoms with van der Waals surface area (Å²) in [5.41, 5.74) is 5.42. The number of fused-ring (bicyclic) bond motifs is 7. The SMILES string of the molecule is Clc1cccc2sc3c4c(ccc3c12)-c1cccc2cccc-4c12. The zero-order chi connectivity index (χ0) is 15.8. The summed E-state index contributed by atoms with van der Waals surface area (Å²) in [5.74, 6) is 0. The first kappa shape index (κ1) is 13.0. The largest absolute Gasteiger partial charge is 0.134 e. The third kappa shape index (κ3) is 1.45. The lowest BCUT2D eigenvalue weighted by Crippen LogP contribution is -1.77. The number of hydrogen-bond acceptors (Lipinski definition) is 1. The molecule has 4 aromatic carbocycles. The van der Waals surface area contributed by atoms with Crippen LogP contribution in [0.5, 0.6) is 0 Å². The molecule has 0 saturated carbocycles. The quantitative estimate of drug-likeness (QED) is 0.268. The van der Waals surface area contributed by atoms with Crippen LogP contribution >= 0.6 is 22.9 Å². The summed E-state index contributed by atoms with van der Waals surface area (Å²) in [7, 11) is 0. The van der Waals surface area contributed by atoms with Crippen molar-refractivity contribution in [2.45, 2.75) is 0 Å². The smallest absolute Gasteiger partial charge is 0.0499 e. The fourth-order valence-electron chi connectivity index (χ4n) is 4.11. The molecule has 1 heterocycles. The highest BCUT2D eigenvalue weighted by atomic mass is 35.5. The van der Waals surface area contributed by atoms with Gasteiger partial charge >= 0.3 is 0 Å². The minimum Gasteiger partial charge on any atom is -0.134 e. The Hall–Kier alpha value is -2.35. The maximum Gasteiger partial charge on any atom is 0.0499 e. The fourth-order valence-corrected chi connectivity index (χ4v) is 5.73. The first-order valence-electron chi connectivity index (χ1n) is 7.99. The van der Waals surface area contributed by atoms with E-state index in [9.17, 15) is 0 Å². The average Bonchev–Trinajstić information content (AvgIpc) is 3.14. The van der Waals surface area contributed by atoms with E-state index in [2.05, 4.69) is 54.6 Å². The minimum atomic E-state index is 0.840. The predicted molar refractivity (Wildman–Crippen MR) is 106 cm³/mol. The Kier molecular flexibility index (Phi) is 2.37. The maximum absolute atomic E-state index is 6.51. The first-order valence-corrected chi connectivity index (χ1v) is 9.18. The lowest BCUT2D eigenvalue weighted by atomic mass is 10.0. The van der Waals surface area contributed by atoms with E-state index in [0.29, 0.717) is 0 Å². The van der Waals surface area contributed by atoms with Gasteiger partial charge in [-0.3, -0.25) is 0 Å². The molecule has 1 aliphatic rings. The number of halogens is 1. The molecule has 5 aromatic rings. The number of rotatable bonds is 0. The molecule has 24 heavy (non-hydrogen) atoms. The second-order valence-electron chi connectivity index (χ2n) is 6.29. The second-order valence-corrected chi connectivity index (χ2v) is 7.75. The standard InChI is InChI=1S/C22H11ClS/c23-17-8-3-9-18-21(17)16-11-10-14-13-6-1-4-12-5-2-7-15(19(12)13)20(14)22(16)24-18/h1-11H. The Morgan fingerprint density at radius 1 is 0.667 bits per heavy atom. The molecule has 1 aromatic heterocycles. The number of benzene rings is 4. The normalized spacial score (nSPS) is 12.4. The molecule has 1 aliphatic carbocycles. The van der Waals surface area contributed by atoms with Gasteiger partial charge < -0.3 is 0 Å². The molecular weight excluding hydrogens is 332 g/mol. The van der Waals surface area contributed by atoms with Crippen LogP contribution in [0.3, 0.4) is 0 Å². The molecule has 0 fully saturated rings. The van der Waals surface area contributed by atoms with Gasteiger partial charge in [-0.05, 0) is 39.6 Å². The number of hydrogen-bond donors (Lipinski definition) is 0. The van der Waals surface area contributed by atoms with E-state index in [1.165, 1.54) is 53.2 Å². The molecule has 0 N–H and O–H groups in total. The highest BCUT2D eigenvalue weighted by molar-refractivity contribution is 7.26. The summed E-state index contributed by atoms with van der Waals surface area (Å²) in [6.45, 7) is 0. The molecular formula is C22H11ClS. The summed E-state index contributed by atoms with van der Waals surface area (Å²) in [4.78, 5) is 0. The van der Waals surface area contributed by atoms with Crippen LogP contribution in [0.2, 0.25) is 5.02 Å². The van der Waals surface area contributed by atoms with Crippen molar-refractivity contribution in [3.8, 4) is 22.3 Å². The van der Waals surface area contributed by atoms with Crippen LogP contribution in [0.1, 0.15) is 0 Å². The van der Waals surface area contributed by atoms with E-state index >= 15 is 0 Å². The Morgan fingerprint density at radius 3 is 2.33 bits per heavy atom. The van der Waals surface area contributed by atoms with Crippen molar-refractivity contribution < 1.29 is 0 Å². The Labute approximate surface area is 147 Å². The van der Waals surface area contributed by atoms with E-state index in [1.807, 2.05) is 23.5 Å². The van der Waals surface area contributed by atoms with Gasteiger partial charge in [0.15, 0.2) is 0 Å². The molecule has 2 heteroatoms. The van der Waals surface area contributed by atoms with Crippen LogP contribution in [0.4, 0.5) is 0 Å². The maximum atomic E-state index is 6.51. The zero-order valence-electron chi connectivity index (χ0n) is 12.6. The topological polar surface area (TPSA) is 0 Å². The molecule has 0 bridgehead atoms. The lowest BCUT2D eigenvalue weighted by Gasteiger charge is -2.03. The van der Waals surface area contributed by atoms with Crippen molar-refractivity contribution in [2.24, 2.45) is 0 Å². The molecule has 0 amide bonds. The van der Waals surface area contributed by atoms with Gasteiger partial charge in [-0.1, -0.05) is 66.2 Å². The van der Waals surface area contributed by atoms with E-state index in [-0.39, 0.29) is 0 Å². The predicted octanol–water partition coefficient (Wildman–Crippen LogP) is 7.51.